The molecule has 4 rings (SSSR count). The van der Waals surface area contributed by atoms with E-state index in [9.17, 15) is 8.42 Å². The monoisotopic (exact) mass is 395 g/mol. The molecule has 0 unspecified atom stereocenters. The van der Waals surface area contributed by atoms with Crippen molar-refractivity contribution >= 4 is 37.4 Å². The molecule has 0 bridgehead atoms. The summed E-state index contributed by atoms with van der Waals surface area (Å²) in [6.45, 7) is 1.88. The van der Waals surface area contributed by atoms with Gasteiger partial charge in [0.05, 0.1) is 11.4 Å². The molecule has 1 N–H and O–H groups in total. The first kappa shape index (κ1) is 17.6. The highest BCUT2D eigenvalue weighted by atomic mass is 32.2. The summed E-state index contributed by atoms with van der Waals surface area (Å²) in [5.74, 6) is -0.0570. The summed E-state index contributed by atoms with van der Waals surface area (Å²) in [7, 11) is -3.48. The fourth-order valence-corrected chi connectivity index (χ4v) is 4.97. The third-order valence-electron chi connectivity index (χ3n) is 4.10. The van der Waals surface area contributed by atoms with Crippen LogP contribution in [0.5, 0.6) is 0 Å². The summed E-state index contributed by atoms with van der Waals surface area (Å²) in [5.41, 5.74) is 3.98. The molecule has 0 fully saturated rings. The number of fused-ring (bicyclic) bond motifs is 1. The van der Waals surface area contributed by atoms with E-state index in [-0.39, 0.29) is 5.75 Å². The van der Waals surface area contributed by atoms with Crippen LogP contribution in [-0.2, 0) is 15.8 Å². The van der Waals surface area contributed by atoms with Crippen LogP contribution in [0.15, 0.2) is 66.9 Å². The first-order chi connectivity index (χ1) is 13.0. The molecule has 2 aromatic carbocycles. The molecule has 27 heavy (non-hydrogen) atoms. The number of aryl methyl sites for hydroxylation is 1. The van der Waals surface area contributed by atoms with Gasteiger partial charge in [0.2, 0.25) is 10.0 Å². The highest BCUT2D eigenvalue weighted by molar-refractivity contribution is 7.91. The van der Waals surface area contributed by atoms with Crippen molar-refractivity contribution in [2.45, 2.75) is 12.7 Å². The normalized spacial score (nSPS) is 11.6. The average molecular weight is 396 g/mol. The topological polar surface area (TPSA) is 72.0 Å². The number of pyridine rings is 1. The zero-order chi connectivity index (χ0) is 18.9. The molecule has 0 saturated carbocycles. The lowest BCUT2D eigenvalue weighted by Crippen LogP contribution is -2.15. The van der Waals surface area contributed by atoms with Crippen molar-refractivity contribution in [2.75, 3.05) is 4.72 Å². The van der Waals surface area contributed by atoms with Crippen LogP contribution in [0.2, 0.25) is 0 Å². The minimum atomic E-state index is -3.48. The van der Waals surface area contributed by atoms with Gasteiger partial charge in [-0.1, -0.05) is 41.7 Å². The number of anilines is 1. The lowest BCUT2D eigenvalue weighted by atomic mass is 10.1. The standard InChI is InChI=1S/C20H17N3O2S2/c1-14-12-16(19-22-18-8-5-11-21-20(18)26-19)9-10-17(14)23-27(24,25)13-15-6-3-2-4-7-15/h2-12,23H,13H2,1H3. The first-order valence-corrected chi connectivity index (χ1v) is 10.8. The summed E-state index contributed by atoms with van der Waals surface area (Å²) in [6, 6.07) is 18.5. The van der Waals surface area contributed by atoms with Gasteiger partial charge >= 0.3 is 0 Å². The molecule has 7 heteroatoms. The molecule has 0 atom stereocenters. The van der Waals surface area contributed by atoms with Gasteiger partial charge in [-0.05, 0) is 48.4 Å². The summed E-state index contributed by atoms with van der Waals surface area (Å²) < 4.78 is 27.6. The van der Waals surface area contributed by atoms with Gasteiger partial charge in [0.25, 0.3) is 0 Å². The lowest BCUT2D eigenvalue weighted by molar-refractivity contribution is 0.600. The number of benzene rings is 2. The molecule has 0 saturated heterocycles. The molecule has 5 nitrogen and oxygen atoms in total. The molecule has 0 aliphatic heterocycles. The van der Waals surface area contributed by atoms with E-state index in [2.05, 4.69) is 14.7 Å². The van der Waals surface area contributed by atoms with E-state index in [1.165, 1.54) is 11.3 Å². The van der Waals surface area contributed by atoms with Gasteiger partial charge in [0.1, 0.15) is 15.4 Å². The second-order valence-electron chi connectivity index (χ2n) is 6.22. The van der Waals surface area contributed by atoms with Crippen molar-refractivity contribution in [2.24, 2.45) is 0 Å². The van der Waals surface area contributed by atoms with E-state index >= 15 is 0 Å². The van der Waals surface area contributed by atoms with Gasteiger partial charge in [-0.15, -0.1) is 0 Å². The second kappa shape index (κ2) is 7.09. The number of nitrogens with one attached hydrogen (secondary N) is 1. The Hall–Kier alpha value is -2.77. The van der Waals surface area contributed by atoms with Crippen LogP contribution in [0, 0.1) is 6.92 Å². The van der Waals surface area contributed by atoms with E-state index in [4.69, 9.17) is 0 Å². The maximum Gasteiger partial charge on any atom is 0.236 e. The molecule has 0 aliphatic carbocycles. The van der Waals surface area contributed by atoms with Crippen LogP contribution in [-0.4, -0.2) is 18.4 Å². The fourth-order valence-electron chi connectivity index (χ4n) is 2.80. The van der Waals surface area contributed by atoms with E-state index in [1.54, 1.807) is 24.4 Å². The summed E-state index contributed by atoms with van der Waals surface area (Å²) >= 11 is 1.52. The molecule has 0 spiro atoms. The zero-order valence-electron chi connectivity index (χ0n) is 14.6. The van der Waals surface area contributed by atoms with E-state index in [0.717, 1.165) is 32.0 Å². The molecule has 2 heterocycles. The smallest absolute Gasteiger partial charge is 0.236 e. The summed E-state index contributed by atoms with van der Waals surface area (Å²) in [6.07, 6.45) is 1.75. The van der Waals surface area contributed by atoms with Crippen molar-refractivity contribution in [1.82, 2.24) is 9.97 Å². The zero-order valence-corrected chi connectivity index (χ0v) is 16.2. The highest BCUT2D eigenvalue weighted by Gasteiger charge is 2.14. The van der Waals surface area contributed by atoms with Gasteiger partial charge in [-0.2, -0.15) is 0 Å². The van der Waals surface area contributed by atoms with Crippen LogP contribution in [0.4, 0.5) is 5.69 Å². The predicted molar refractivity (Wildman–Crippen MR) is 110 cm³/mol. The number of thiazole rings is 1. The number of hydrogen-bond acceptors (Lipinski definition) is 5. The van der Waals surface area contributed by atoms with Crippen LogP contribution in [0.25, 0.3) is 20.9 Å². The molecule has 0 radical (unpaired) electrons. The van der Waals surface area contributed by atoms with Gasteiger partial charge < -0.3 is 0 Å². The Balaban J connectivity index is 1.58. The van der Waals surface area contributed by atoms with E-state index in [1.807, 2.05) is 49.4 Å². The molecule has 4 aromatic rings. The Bertz CT molecular complexity index is 1170. The molecular formula is C20H17N3O2S2. The average Bonchev–Trinajstić information content (AvgIpc) is 3.08. The molecule has 0 amide bonds. The quantitative estimate of drug-likeness (QED) is 0.536. The van der Waals surface area contributed by atoms with Crippen LogP contribution < -0.4 is 4.72 Å². The Morgan fingerprint density at radius 2 is 1.85 bits per heavy atom. The van der Waals surface area contributed by atoms with Crippen LogP contribution >= 0.6 is 11.3 Å². The molecule has 2 aromatic heterocycles. The summed E-state index contributed by atoms with van der Waals surface area (Å²) in [5, 5.41) is 0.866. The highest BCUT2D eigenvalue weighted by Crippen LogP contribution is 2.31. The molecule has 0 aliphatic rings. The Morgan fingerprint density at radius 3 is 2.59 bits per heavy atom. The van der Waals surface area contributed by atoms with Crippen molar-refractivity contribution in [3.05, 3.63) is 78.0 Å². The van der Waals surface area contributed by atoms with Crippen molar-refractivity contribution in [3.63, 3.8) is 0 Å². The third-order valence-corrected chi connectivity index (χ3v) is 6.38. The third kappa shape index (κ3) is 3.99. The number of rotatable bonds is 5. The maximum atomic E-state index is 12.5. The maximum absolute atomic E-state index is 12.5. The van der Waals surface area contributed by atoms with Crippen LogP contribution in [0.1, 0.15) is 11.1 Å². The fraction of sp³-hybridized carbons (Fsp3) is 0.100. The van der Waals surface area contributed by atoms with Gasteiger partial charge in [-0.3, -0.25) is 4.72 Å². The lowest BCUT2D eigenvalue weighted by Gasteiger charge is -2.11. The number of sulfonamides is 1. The Labute approximate surface area is 161 Å². The van der Waals surface area contributed by atoms with Crippen molar-refractivity contribution < 1.29 is 8.42 Å². The molecule has 136 valence electrons. The number of aromatic nitrogens is 2. The van der Waals surface area contributed by atoms with Crippen molar-refractivity contribution in [3.8, 4) is 10.6 Å². The minimum absolute atomic E-state index is 0.0570. The summed E-state index contributed by atoms with van der Waals surface area (Å²) in [4.78, 5) is 9.81. The minimum Gasteiger partial charge on any atom is -0.283 e. The van der Waals surface area contributed by atoms with Gasteiger partial charge in [0.15, 0.2) is 0 Å². The van der Waals surface area contributed by atoms with Crippen molar-refractivity contribution in [1.29, 1.82) is 0 Å². The second-order valence-corrected chi connectivity index (χ2v) is 8.92. The number of hydrogen-bond donors (Lipinski definition) is 1. The predicted octanol–water partition coefficient (Wildman–Crippen LogP) is 4.61. The van der Waals surface area contributed by atoms with E-state index in [0.29, 0.717) is 5.69 Å². The van der Waals surface area contributed by atoms with Gasteiger partial charge in [-0.25, -0.2) is 18.4 Å². The Kier molecular flexibility index (Phi) is 4.63. The van der Waals surface area contributed by atoms with Crippen LogP contribution in [0.3, 0.4) is 0 Å². The van der Waals surface area contributed by atoms with E-state index < -0.39 is 10.0 Å². The Morgan fingerprint density at radius 1 is 1.04 bits per heavy atom. The largest absolute Gasteiger partial charge is 0.283 e. The number of nitrogens with zero attached hydrogens (tertiary/aromatic N) is 2. The first-order valence-electron chi connectivity index (χ1n) is 8.37. The molecular weight excluding hydrogens is 378 g/mol. The SMILES string of the molecule is Cc1cc(-c2nc3cccnc3s2)ccc1NS(=O)(=O)Cc1ccccc1. The van der Waals surface area contributed by atoms with Gasteiger partial charge in [0, 0.05) is 11.8 Å².